The number of nitrogens with zero attached hydrogens (tertiary/aromatic N) is 1. The van der Waals surface area contributed by atoms with E-state index in [1.54, 1.807) is 0 Å². The van der Waals surface area contributed by atoms with E-state index in [1.165, 1.54) is 11.0 Å². The quantitative estimate of drug-likeness (QED) is 0.700. The van der Waals surface area contributed by atoms with E-state index in [2.05, 4.69) is 6.58 Å². The molecule has 0 aromatic carbocycles. The molecule has 1 amide bonds. The highest BCUT2D eigenvalue weighted by atomic mass is 19.4. The maximum atomic E-state index is 12.2. The van der Waals surface area contributed by atoms with E-state index < -0.39 is 18.5 Å². The summed E-state index contributed by atoms with van der Waals surface area (Å²) in [5.41, 5.74) is 0. The molecule has 0 aromatic heterocycles. The minimum absolute atomic E-state index is 0.0448. The van der Waals surface area contributed by atoms with Gasteiger partial charge < -0.3 is 4.90 Å². The Bertz CT molecular complexity index is 269. The molecule has 2 nitrogen and oxygen atoms in total. The summed E-state index contributed by atoms with van der Waals surface area (Å²) in [6.45, 7) is 3.71. The molecule has 0 atom stereocenters. The van der Waals surface area contributed by atoms with Crippen molar-refractivity contribution in [3.05, 3.63) is 12.7 Å². The number of halogens is 3. The van der Waals surface area contributed by atoms with Gasteiger partial charge in [-0.1, -0.05) is 25.3 Å². The van der Waals surface area contributed by atoms with Crippen molar-refractivity contribution in [2.45, 2.75) is 50.7 Å². The third-order valence-corrected chi connectivity index (χ3v) is 3.01. The molecule has 17 heavy (non-hydrogen) atoms. The van der Waals surface area contributed by atoms with Crippen molar-refractivity contribution in [1.82, 2.24) is 4.90 Å². The first kappa shape index (κ1) is 14.1. The van der Waals surface area contributed by atoms with Crippen molar-refractivity contribution in [3.8, 4) is 0 Å². The van der Waals surface area contributed by atoms with E-state index in [4.69, 9.17) is 0 Å². The van der Waals surface area contributed by atoms with E-state index >= 15 is 0 Å². The summed E-state index contributed by atoms with van der Waals surface area (Å²) in [5, 5.41) is 0. The monoisotopic (exact) mass is 249 g/mol. The molecule has 0 aliphatic heterocycles. The van der Waals surface area contributed by atoms with Gasteiger partial charge in [0.15, 0.2) is 0 Å². The number of alkyl halides is 3. The van der Waals surface area contributed by atoms with Gasteiger partial charge >= 0.3 is 6.18 Å². The first-order chi connectivity index (χ1) is 7.94. The third-order valence-electron chi connectivity index (χ3n) is 3.01. The highest BCUT2D eigenvalue weighted by Gasteiger charge is 2.35. The van der Waals surface area contributed by atoms with E-state index in [9.17, 15) is 18.0 Å². The van der Waals surface area contributed by atoms with Crippen LogP contribution < -0.4 is 0 Å². The summed E-state index contributed by atoms with van der Waals surface area (Å²) in [7, 11) is 0. The van der Waals surface area contributed by atoms with Gasteiger partial charge in [0.1, 0.15) is 6.42 Å². The maximum absolute atomic E-state index is 12.2. The van der Waals surface area contributed by atoms with Gasteiger partial charge in [0.25, 0.3) is 0 Å². The Morgan fingerprint density at radius 2 is 1.88 bits per heavy atom. The lowest BCUT2D eigenvalue weighted by molar-refractivity contribution is -0.163. The van der Waals surface area contributed by atoms with Crippen molar-refractivity contribution in [1.29, 1.82) is 0 Å². The number of carbonyl (C=O) groups excluding carboxylic acids is 1. The van der Waals surface area contributed by atoms with E-state index in [1.807, 2.05) is 0 Å². The number of hydrogen-bond donors (Lipinski definition) is 0. The second-order valence-electron chi connectivity index (χ2n) is 4.42. The van der Waals surface area contributed by atoms with E-state index in [0.717, 1.165) is 32.1 Å². The zero-order valence-corrected chi connectivity index (χ0v) is 9.80. The number of hydrogen-bond acceptors (Lipinski definition) is 1. The predicted molar refractivity (Wildman–Crippen MR) is 59.5 cm³/mol. The van der Waals surface area contributed by atoms with Gasteiger partial charge in [0.2, 0.25) is 5.91 Å². The minimum atomic E-state index is -4.43. The number of carbonyl (C=O) groups is 1. The fourth-order valence-corrected chi connectivity index (χ4v) is 2.26. The number of rotatable bonds is 4. The molecule has 1 aliphatic carbocycles. The van der Waals surface area contributed by atoms with Crippen LogP contribution in [0.2, 0.25) is 0 Å². The molecule has 0 spiro atoms. The molecule has 0 heterocycles. The van der Waals surface area contributed by atoms with Crippen molar-refractivity contribution >= 4 is 5.91 Å². The molecule has 1 saturated carbocycles. The van der Waals surface area contributed by atoms with Crippen LogP contribution in [0, 0.1) is 0 Å². The maximum Gasteiger partial charge on any atom is 0.397 e. The molecule has 98 valence electrons. The topological polar surface area (TPSA) is 20.3 Å². The van der Waals surface area contributed by atoms with Gasteiger partial charge in [0.05, 0.1) is 0 Å². The first-order valence-electron chi connectivity index (χ1n) is 5.91. The van der Waals surface area contributed by atoms with Gasteiger partial charge in [-0.15, -0.1) is 6.58 Å². The smallest absolute Gasteiger partial charge is 0.336 e. The molecule has 0 bridgehead atoms. The van der Waals surface area contributed by atoms with Crippen LogP contribution in [-0.2, 0) is 4.79 Å². The largest absolute Gasteiger partial charge is 0.397 e. The lowest BCUT2D eigenvalue weighted by atomic mass is 9.94. The SMILES string of the molecule is C=CCN(C(=O)CC(F)(F)F)C1CCCCC1. The molecule has 0 saturated heterocycles. The van der Waals surface area contributed by atoms with Gasteiger partial charge in [0, 0.05) is 12.6 Å². The molecule has 0 unspecified atom stereocenters. The van der Waals surface area contributed by atoms with Crippen molar-refractivity contribution in [2.75, 3.05) is 6.54 Å². The molecular formula is C12H18F3NO. The molecule has 1 aliphatic rings. The Balaban J connectivity index is 2.63. The Kier molecular flexibility index (Phi) is 5.02. The molecule has 0 aromatic rings. The van der Waals surface area contributed by atoms with Crippen LogP contribution in [0.4, 0.5) is 13.2 Å². The summed E-state index contributed by atoms with van der Waals surface area (Å²) in [6.07, 6.45) is 0.376. The lowest BCUT2D eigenvalue weighted by Crippen LogP contribution is -2.43. The van der Waals surface area contributed by atoms with Crippen LogP contribution in [-0.4, -0.2) is 29.6 Å². The van der Waals surface area contributed by atoms with Crippen LogP contribution in [0.5, 0.6) is 0 Å². The molecular weight excluding hydrogens is 231 g/mol. The third kappa shape index (κ3) is 4.79. The van der Waals surface area contributed by atoms with Gasteiger partial charge in [-0.05, 0) is 12.8 Å². The second-order valence-corrected chi connectivity index (χ2v) is 4.42. The molecule has 0 N–H and O–H groups in total. The van der Waals surface area contributed by atoms with Crippen LogP contribution in [0.1, 0.15) is 38.5 Å². The predicted octanol–water partition coefficient (Wildman–Crippen LogP) is 3.29. The normalized spacial score (nSPS) is 17.8. The van der Waals surface area contributed by atoms with E-state index in [-0.39, 0.29) is 12.6 Å². The fraction of sp³-hybridized carbons (Fsp3) is 0.750. The van der Waals surface area contributed by atoms with Crippen molar-refractivity contribution < 1.29 is 18.0 Å². The fourth-order valence-electron chi connectivity index (χ4n) is 2.26. The summed E-state index contributed by atoms with van der Waals surface area (Å²) < 4.78 is 36.6. The van der Waals surface area contributed by atoms with Gasteiger partial charge in [-0.3, -0.25) is 4.79 Å². The summed E-state index contributed by atoms with van der Waals surface area (Å²) in [6, 6.07) is -0.0448. The Morgan fingerprint density at radius 3 is 2.35 bits per heavy atom. The second kappa shape index (κ2) is 6.07. The zero-order valence-electron chi connectivity index (χ0n) is 9.80. The van der Waals surface area contributed by atoms with Crippen LogP contribution in [0.25, 0.3) is 0 Å². The Hall–Kier alpha value is -1.00. The van der Waals surface area contributed by atoms with Crippen molar-refractivity contribution in [3.63, 3.8) is 0 Å². The molecule has 1 rings (SSSR count). The van der Waals surface area contributed by atoms with Crippen LogP contribution in [0.3, 0.4) is 0 Å². The standard InChI is InChI=1S/C12H18F3NO/c1-2-8-16(10-6-4-3-5-7-10)11(17)9-12(13,14)15/h2,10H,1,3-9H2. The van der Waals surface area contributed by atoms with Crippen molar-refractivity contribution in [2.24, 2.45) is 0 Å². The average Bonchev–Trinajstić information content (AvgIpc) is 2.24. The summed E-state index contributed by atoms with van der Waals surface area (Å²) in [5.74, 6) is -0.829. The lowest BCUT2D eigenvalue weighted by Gasteiger charge is -2.34. The summed E-state index contributed by atoms with van der Waals surface area (Å²) in [4.78, 5) is 12.9. The highest BCUT2D eigenvalue weighted by Crippen LogP contribution is 2.26. The van der Waals surface area contributed by atoms with E-state index in [0.29, 0.717) is 0 Å². The zero-order chi connectivity index (χ0) is 12.9. The molecule has 1 fully saturated rings. The molecule has 5 heteroatoms. The Labute approximate surface area is 99.5 Å². The highest BCUT2D eigenvalue weighted by molar-refractivity contribution is 5.77. The number of amides is 1. The first-order valence-corrected chi connectivity index (χ1v) is 5.91. The average molecular weight is 249 g/mol. The molecule has 0 radical (unpaired) electrons. The van der Waals surface area contributed by atoms with Gasteiger partial charge in [-0.25, -0.2) is 0 Å². The van der Waals surface area contributed by atoms with Crippen LogP contribution in [0.15, 0.2) is 12.7 Å². The Morgan fingerprint density at radius 1 is 1.29 bits per heavy atom. The summed E-state index contributed by atoms with van der Waals surface area (Å²) >= 11 is 0. The van der Waals surface area contributed by atoms with Crippen LogP contribution >= 0.6 is 0 Å². The minimum Gasteiger partial charge on any atom is -0.336 e. The van der Waals surface area contributed by atoms with Gasteiger partial charge in [-0.2, -0.15) is 13.2 Å².